The predicted octanol–water partition coefficient (Wildman–Crippen LogP) is 2.74. The molecule has 4 rings (SSSR count). The number of hydrogen-bond acceptors (Lipinski definition) is 5. The van der Waals surface area contributed by atoms with Gasteiger partial charge in [0.1, 0.15) is 5.75 Å². The maximum Gasteiger partial charge on any atom is 0.264 e. The van der Waals surface area contributed by atoms with Crippen molar-refractivity contribution in [1.82, 2.24) is 15.0 Å². The van der Waals surface area contributed by atoms with Gasteiger partial charge in [-0.25, -0.2) is 0 Å². The Bertz CT molecular complexity index is 776. The van der Waals surface area contributed by atoms with Gasteiger partial charge < -0.3 is 14.2 Å². The lowest BCUT2D eigenvalue weighted by Gasteiger charge is -2.32. The minimum atomic E-state index is -0.468. The Morgan fingerprint density at radius 1 is 1.42 bits per heavy atom. The van der Waals surface area contributed by atoms with E-state index in [1.807, 2.05) is 17.0 Å². The number of fused-ring (bicyclic) bond motifs is 1. The summed E-state index contributed by atoms with van der Waals surface area (Å²) >= 11 is 6.01. The number of ether oxygens (including phenoxy) is 1. The average molecular weight is 348 g/mol. The van der Waals surface area contributed by atoms with E-state index in [9.17, 15) is 4.79 Å². The molecule has 126 valence electrons. The van der Waals surface area contributed by atoms with Crippen LogP contribution in [0.25, 0.3) is 0 Å². The molecular weight excluding hydrogens is 330 g/mol. The molecular formula is C17H18ClN3O3. The molecule has 2 atom stereocenters. The van der Waals surface area contributed by atoms with Gasteiger partial charge in [0.05, 0.1) is 0 Å². The summed E-state index contributed by atoms with van der Waals surface area (Å²) in [6.07, 6.45) is 1.99. The number of piperidine rings is 1. The third kappa shape index (κ3) is 2.86. The summed E-state index contributed by atoms with van der Waals surface area (Å²) in [6.45, 7) is 3.12. The van der Waals surface area contributed by atoms with Gasteiger partial charge in [-0.3, -0.25) is 4.79 Å². The number of amides is 1. The van der Waals surface area contributed by atoms with Gasteiger partial charge in [0, 0.05) is 37.4 Å². The van der Waals surface area contributed by atoms with Crippen LogP contribution in [0.1, 0.15) is 36.0 Å². The maximum atomic E-state index is 12.8. The van der Waals surface area contributed by atoms with Crippen molar-refractivity contribution in [2.75, 3.05) is 13.1 Å². The highest BCUT2D eigenvalue weighted by Gasteiger charge is 2.35. The number of benzene rings is 1. The third-order valence-corrected chi connectivity index (χ3v) is 4.85. The molecule has 0 bridgehead atoms. The first-order chi connectivity index (χ1) is 11.6. The van der Waals surface area contributed by atoms with Crippen LogP contribution >= 0.6 is 11.6 Å². The molecule has 2 aromatic rings. The van der Waals surface area contributed by atoms with Gasteiger partial charge in [0.2, 0.25) is 5.89 Å². The molecule has 0 aliphatic carbocycles. The van der Waals surface area contributed by atoms with Crippen molar-refractivity contribution in [2.24, 2.45) is 0 Å². The van der Waals surface area contributed by atoms with E-state index in [4.69, 9.17) is 20.9 Å². The van der Waals surface area contributed by atoms with E-state index in [-0.39, 0.29) is 11.8 Å². The van der Waals surface area contributed by atoms with E-state index in [1.54, 1.807) is 13.0 Å². The first-order valence-corrected chi connectivity index (χ1v) is 8.52. The Morgan fingerprint density at radius 3 is 3.08 bits per heavy atom. The van der Waals surface area contributed by atoms with Crippen LogP contribution < -0.4 is 4.74 Å². The van der Waals surface area contributed by atoms with E-state index in [2.05, 4.69) is 10.1 Å². The van der Waals surface area contributed by atoms with Crippen LogP contribution in [0.4, 0.5) is 0 Å². The van der Waals surface area contributed by atoms with Gasteiger partial charge in [-0.05, 0) is 36.6 Å². The van der Waals surface area contributed by atoms with Gasteiger partial charge in [0.25, 0.3) is 5.91 Å². The summed E-state index contributed by atoms with van der Waals surface area (Å²) in [5.41, 5.74) is 0.989. The standard InChI is InChI=1S/C17H18ClN3O3/c1-10-19-16(20-24-10)11-3-2-6-21(9-11)17(22)15-8-12-7-13(18)4-5-14(12)23-15/h4-5,7,11,15H,2-3,6,8-9H2,1H3/t11-,15+/m0/s1. The number of hydrogen-bond donors (Lipinski definition) is 0. The highest BCUT2D eigenvalue weighted by Crippen LogP contribution is 2.33. The monoisotopic (exact) mass is 347 g/mol. The van der Waals surface area contributed by atoms with Gasteiger partial charge in [-0.1, -0.05) is 16.8 Å². The second-order valence-corrected chi connectivity index (χ2v) is 6.79. The second-order valence-electron chi connectivity index (χ2n) is 6.36. The van der Waals surface area contributed by atoms with Gasteiger partial charge >= 0.3 is 0 Å². The third-order valence-electron chi connectivity index (χ3n) is 4.61. The van der Waals surface area contributed by atoms with Gasteiger partial charge in [0.15, 0.2) is 11.9 Å². The van der Waals surface area contributed by atoms with Crippen molar-refractivity contribution in [3.05, 3.63) is 40.5 Å². The largest absolute Gasteiger partial charge is 0.480 e. The average Bonchev–Trinajstić information content (AvgIpc) is 3.20. The first-order valence-electron chi connectivity index (χ1n) is 8.14. The zero-order valence-corrected chi connectivity index (χ0v) is 14.1. The molecule has 0 radical (unpaired) electrons. The predicted molar refractivity (Wildman–Crippen MR) is 87.2 cm³/mol. The van der Waals surface area contributed by atoms with Crippen molar-refractivity contribution >= 4 is 17.5 Å². The topological polar surface area (TPSA) is 68.5 Å². The van der Waals surface area contributed by atoms with Gasteiger partial charge in [-0.2, -0.15) is 4.98 Å². The molecule has 1 fully saturated rings. The number of carbonyl (C=O) groups excluding carboxylic acids is 1. The van der Waals surface area contributed by atoms with Crippen LogP contribution in [0, 0.1) is 6.92 Å². The fourth-order valence-electron chi connectivity index (χ4n) is 3.43. The van der Waals surface area contributed by atoms with E-state index in [1.165, 1.54) is 0 Å². The fourth-order valence-corrected chi connectivity index (χ4v) is 3.62. The van der Waals surface area contributed by atoms with Crippen molar-refractivity contribution in [2.45, 2.75) is 38.2 Å². The normalized spacial score (nSPS) is 23.0. The first kappa shape index (κ1) is 15.4. The molecule has 1 aromatic carbocycles. The van der Waals surface area contributed by atoms with Gasteiger partial charge in [-0.15, -0.1) is 0 Å². The zero-order valence-electron chi connectivity index (χ0n) is 13.4. The van der Waals surface area contributed by atoms with Crippen LogP contribution in [0.3, 0.4) is 0 Å². The van der Waals surface area contributed by atoms with Crippen molar-refractivity contribution < 1.29 is 14.1 Å². The van der Waals surface area contributed by atoms with E-state index in [0.717, 1.165) is 30.7 Å². The molecule has 0 spiro atoms. The molecule has 0 unspecified atom stereocenters. The Hall–Kier alpha value is -2.08. The number of carbonyl (C=O) groups is 1. The Kier molecular flexibility index (Phi) is 3.92. The summed E-state index contributed by atoms with van der Waals surface area (Å²) in [4.78, 5) is 19.0. The van der Waals surface area contributed by atoms with Crippen molar-refractivity contribution in [1.29, 1.82) is 0 Å². The minimum absolute atomic E-state index is 0.0206. The number of aryl methyl sites for hydroxylation is 1. The number of aromatic nitrogens is 2. The lowest BCUT2D eigenvalue weighted by atomic mass is 9.96. The fraction of sp³-hybridized carbons (Fsp3) is 0.471. The Labute approximate surface area is 144 Å². The molecule has 0 N–H and O–H groups in total. The summed E-state index contributed by atoms with van der Waals surface area (Å²) in [5, 5.41) is 4.67. The van der Waals surface area contributed by atoms with Crippen molar-refractivity contribution in [3.8, 4) is 5.75 Å². The second kappa shape index (κ2) is 6.09. The number of rotatable bonds is 2. The molecule has 6 nitrogen and oxygen atoms in total. The van der Waals surface area contributed by atoms with Crippen molar-refractivity contribution in [3.63, 3.8) is 0 Å². The van der Waals surface area contributed by atoms with Crippen LogP contribution in [0.5, 0.6) is 5.75 Å². The Balaban J connectivity index is 1.45. The van der Waals surface area contributed by atoms with E-state index in [0.29, 0.717) is 29.7 Å². The molecule has 3 heterocycles. The smallest absolute Gasteiger partial charge is 0.264 e. The van der Waals surface area contributed by atoms with E-state index < -0.39 is 6.10 Å². The highest BCUT2D eigenvalue weighted by atomic mass is 35.5. The van der Waals surface area contributed by atoms with E-state index >= 15 is 0 Å². The molecule has 7 heteroatoms. The highest BCUT2D eigenvalue weighted by molar-refractivity contribution is 6.30. The summed E-state index contributed by atoms with van der Waals surface area (Å²) < 4.78 is 10.9. The van der Waals surface area contributed by atoms with Crippen LogP contribution in [-0.2, 0) is 11.2 Å². The molecule has 2 aliphatic rings. The van der Waals surface area contributed by atoms with Crippen LogP contribution in [0.2, 0.25) is 5.02 Å². The number of nitrogens with zero attached hydrogens (tertiary/aromatic N) is 3. The minimum Gasteiger partial charge on any atom is -0.480 e. The van der Waals surface area contributed by atoms with Crippen LogP contribution in [0.15, 0.2) is 22.7 Å². The molecule has 24 heavy (non-hydrogen) atoms. The zero-order chi connectivity index (χ0) is 16.7. The number of halogens is 1. The molecule has 1 amide bonds. The summed E-state index contributed by atoms with van der Waals surface area (Å²) in [7, 11) is 0. The summed E-state index contributed by atoms with van der Waals surface area (Å²) in [6, 6.07) is 5.47. The SMILES string of the molecule is Cc1nc([C@H]2CCCN(C(=O)[C@H]3Cc4cc(Cl)ccc4O3)C2)no1. The maximum absolute atomic E-state index is 12.8. The van der Waals surface area contributed by atoms with Crippen LogP contribution in [-0.4, -0.2) is 40.1 Å². The molecule has 0 saturated carbocycles. The quantitative estimate of drug-likeness (QED) is 0.835. The lowest BCUT2D eigenvalue weighted by Crippen LogP contribution is -2.46. The molecule has 1 aromatic heterocycles. The molecule has 1 saturated heterocycles. The number of likely N-dealkylation sites (tertiary alicyclic amines) is 1. The summed E-state index contributed by atoms with van der Waals surface area (Å²) in [5.74, 6) is 2.14. The Morgan fingerprint density at radius 2 is 2.29 bits per heavy atom. The lowest BCUT2D eigenvalue weighted by molar-refractivity contribution is -0.139. The molecule has 2 aliphatic heterocycles.